The summed E-state index contributed by atoms with van der Waals surface area (Å²) < 4.78 is 14.7. The van der Waals surface area contributed by atoms with Crippen molar-refractivity contribution < 1.29 is 4.39 Å². The predicted molar refractivity (Wildman–Crippen MR) is 83.9 cm³/mol. The lowest BCUT2D eigenvalue weighted by Gasteiger charge is -2.29. The Bertz CT molecular complexity index is 406. The lowest BCUT2D eigenvalue weighted by atomic mass is 9.81. The molecule has 0 aliphatic rings. The van der Waals surface area contributed by atoms with Gasteiger partial charge in [0.2, 0.25) is 0 Å². The average molecular weight is 330 g/mol. The molecule has 0 amide bonds. The van der Waals surface area contributed by atoms with Gasteiger partial charge in [-0.15, -0.1) is 0 Å². The maximum absolute atomic E-state index is 13.9. The third-order valence-corrected chi connectivity index (χ3v) is 4.08. The van der Waals surface area contributed by atoms with E-state index in [0.717, 1.165) is 36.0 Å². The second kappa shape index (κ2) is 7.39. The molecule has 0 saturated carbocycles. The predicted octanol–water partition coefficient (Wildman–Crippen LogP) is 4.79. The van der Waals surface area contributed by atoms with Crippen LogP contribution in [0, 0.1) is 17.2 Å². The number of nitrogens with one attached hydrogen (secondary N) is 1. The Morgan fingerprint density at radius 1 is 1.37 bits per heavy atom. The van der Waals surface area contributed by atoms with Crippen molar-refractivity contribution in [1.29, 1.82) is 0 Å². The molecule has 1 aromatic carbocycles. The van der Waals surface area contributed by atoms with Crippen LogP contribution in [0.2, 0.25) is 0 Å². The molecule has 0 saturated heterocycles. The standard InChI is InChI=1S/C16H25BrFN/c1-5-16(4,11-19-10-12(2)3)9-13-6-7-14(17)8-15(13)18/h6-8,12,19H,5,9-11H2,1-4H3. The van der Waals surface area contributed by atoms with Gasteiger partial charge in [0, 0.05) is 11.0 Å². The van der Waals surface area contributed by atoms with E-state index in [1.165, 1.54) is 0 Å². The summed E-state index contributed by atoms with van der Waals surface area (Å²) >= 11 is 3.30. The molecule has 0 bridgehead atoms. The smallest absolute Gasteiger partial charge is 0.127 e. The highest BCUT2D eigenvalue weighted by Gasteiger charge is 2.23. The maximum Gasteiger partial charge on any atom is 0.127 e. The van der Waals surface area contributed by atoms with Crippen molar-refractivity contribution >= 4 is 15.9 Å². The zero-order valence-electron chi connectivity index (χ0n) is 12.4. The van der Waals surface area contributed by atoms with Gasteiger partial charge in [-0.1, -0.05) is 49.7 Å². The number of hydrogen-bond donors (Lipinski definition) is 1. The largest absolute Gasteiger partial charge is 0.316 e. The Labute approximate surface area is 125 Å². The summed E-state index contributed by atoms with van der Waals surface area (Å²) in [5.74, 6) is 0.531. The van der Waals surface area contributed by atoms with Gasteiger partial charge in [0.05, 0.1) is 0 Å². The summed E-state index contributed by atoms with van der Waals surface area (Å²) in [4.78, 5) is 0. The van der Waals surface area contributed by atoms with Crippen LogP contribution >= 0.6 is 15.9 Å². The minimum Gasteiger partial charge on any atom is -0.316 e. The summed E-state index contributed by atoms with van der Waals surface area (Å²) in [6.45, 7) is 10.7. The van der Waals surface area contributed by atoms with E-state index in [-0.39, 0.29) is 11.2 Å². The van der Waals surface area contributed by atoms with Gasteiger partial charge in [-0.05, 0) is 48.4 Å². The Morgan fingerprint density at radius 3 is 2.58 bits per heavy atom. The molecule has 19 heavy (non-hydrogen) atoms. The normalized spacial score (nSPS) is 14.7. The fourth-order valence-corrected chi connectivity index (χ4v) is 2.43. The lowest BCUT2D eigenvalue weighted by Crippen LogP contribution is -2.35. The minimum absolute atomic E-state index is 0.101. The number of rotatable bonds is 7. The number of halogens is 2. The number of hydrogen-bond acceptors (Lipinski definition) is 1. The molecule has 1 N–H and O–H groups in total. The molecule has 1 unspecified atom stereocenters. The summed E-state index contributed by atoms with van der Waals surface area (Å²) in [6.07, 6.45) is 1.81. The molecule has 108 valence electrons. The van der Waals surface area contributed by atoms with Crippen molar-refractivity contribution in [3.63, 3.8) is 0 Å². The second-order valence-corrected chi connectivity index (χ2v) is 7.02. The first-order valence-corrected chi connectivity index (χ1v) is 7.80. The van der Waals surface area contributed by atoms with Gasteiger partial charge >= 0.3 is 0 Å². The molecule has 3 heteroatoms. The molecule has 0 radical (unpaired) electrons. The van der Waals surface area contributed by atoms with Gasteiger partial charge in [0.25, 0.3) is 0 Å². The van der Waals surface area contributed by atoms with Crippen molar-refractivity contribution in [2.75, 3.05) is 13.1 Å². The van der Waals surface area contributed by atoms with Crippen molar-refractivity contribution in [3.05, 3.63) is 34.1 Å². The van der Waals surface area contributed by atoms with Crippen LogP contribution < -0.4 is 5.32 Å². The molecule has 0 fully saturated rings. The van der Waals surface area contributed by atoms with Crippen LogP contribution in [0.5, 0.6) is 0 Å². The highest BCUT2D eigenvalue weighted by atomic mass is 79.9. The van der Waals surface area contributed by atoms with E-state index >= 15 is 0 Å². The first-order chi connectivity index (χ1) is 8.86. The lowest BCUT2D eigenvalue weighted by molar-refractivity contribution is 0.282. The van der Waals surface area contributed by atoms with E-state index in [0.29, 0.717) is 5.92 Å². The van der Waals surface area contributed by atoms with Crippen LogP contribution in [0.25, 0.3) is 0 Å². The molecule has 0 aromatic heterocycles. The minimum atomic E-state index is -0.113. The van der Waals surface area contributed by atoms with Crippen molar-refractivity contribution in [2.45, 2.75) is 40.5 Å². The highest BCUT2D eigenvalue weighted by Crippen LogP contribution is 2.28. The van der Waals surface area contributed by atoms with Gasteiger partial charge in [-0.2, -0.15) is 0 Å². The summed E-state index contributed by atoms with van der Waals surface area (Å²) in [5, 5.41) is 3.50. The topological polar surface area (TPSA) is 12.0 Å². The van der Waals surface area contributed by atoms with Crippen molar-refractivity contribution in [2.24, 2.45) is 11.3 Å². The highest BCUT2D eigenvalue weighted by molar-refractivity contribution is 9.10. The molecule has 0 aliphatic carbocycles. The van der Waals surface area contributed by atoms with Gasteiger partial charge < -0.3 is 5.32 Å². The van der Waals surface area contributed by atoms with Gasteiger partial charge in [-0.3, -0.25) is 0 Å². The quantitative estimate of drug-likeness (QED) is 0.758. The first kappa shape index (κ1) is 16.6. The van der Waals surface area contributed by atoms with Crippen molar-refractivity contribution in [1.82, 2.24) is 5.32 Å². The third-order valence-electron chi connectivity index (χ3n) is 3.59. The first-order valence-electron chi connectivity index (χ1n) is 7.01. The summed E-state index contributed by atoms with van der Waals surface area (Å²) in [6, 6.07) is 5.35. The van der Waals surface area contributed by atoms with Crippen LogP contribution in [0.4, 0.5) is 4.39 Å². The van der Waals surface area contributed by atoms with E-state index in [9.17, 15) is 4.39 Å². The van der Waals surface area contributed by atoms with Crippen LogP contribution in [-0.4, -0.2) is 13.1 Å². The Hall–Kier alpha value is -0.410. The van der Waals surface area contributed by atoms with Crippen LogP contribution in [0.3, 0.4) is 0 Å². The van der Waals surface area contributed by atoms with Crippen LogP contribution in [0.1, 0.15) is 39.7 Å². The van der Waals surface area contributed by atoms with E-state index in [2.05, 4.69) is 48.9 Å². The van der Waals surface area contributed by atoms with Crippen LogP contribution in [-0.2, 0) is 6.42 Å². The Morgan fingerprint density at radius 2 is 2.05 bits per heavy atom. The van der Waals surface area contributed by atoms with Crippen molar-refractivity contribution in [3.8, 4) is 0 Å². The van der Waals surface area contributed by atoms with Gasteiger partial charge in [0.15, 0.2) is 0 Å². The molecule has 1 nitrogen and oxygen atoms in total. The van der Waals surface area contributed by atoms with Crippen LogP contribution in [0.15, 0.2) is 22.7 Å². The number of benzene rings is 1. The molecule has 1 atom stereocenters. The maximum atomic E-state index is 13.9. The zero-order chi connectivity index (χ0) is 14.5. The van der Waals surface area contributed by atoms with E-state index in [1.807, 2.05) is 12.1 Å². The monoisotopic (exact) mass is 329 g/mol. The SMILES string of the molecule is CCC(C)(CNCC(C)C)Cc1ccc(Br)cc1F. The fourth-order valence-electron chi connectivity index (χ4n) is 2.10. The molecule has 1 aromatic rings. The summed E-state index contributed by atoms with van der Waals surface area (Å²) in [7, 11) is 0. The molecule has 0 aliphatic heterocycles. The van der Waals surface area contributed by atoms with Gasteiger partial charge in [0.1, 0.15) is 5.82 Å². The molecular formula is C16H25BrFN. The molecular weight excluding hydrogens is 305 g/mol. The fraction of sp³-hybridized carbons (Fsp3) is 0.625. The zero-order valence-corrected chi connectivity index (χ0v) is 14.0. The van der Waals surface area contributed by atoms with E-state index in [4.69, 9.17) is 0 Å². The van der Waals surface area contributed by atoms with Gasteiger partial charge in [-0.25, -0.2) is 4.39 Å². The Kier molecular flexibility index (Phi) is 6.48. The average Bonchev–Trinajstić information content (AvgIpc) is 2.32. The molecule has 0 heterocycles. The van der Waals surface area contributed by atoms with E-state index < -0.39 is 0 Å². The molecule has 1 rings (SSSR count). The summed E-state index contributed by atoms with van der Waals surface area (Å²) in [5.41, 5.74) is 0.905. The molecule has 0 spiro atoms. The third kappa shape index (κ3) is 5.62. The van der Waals surface area contributed by atoms with E-state index in [1.54, 1.807) is 6.07 Å². The second-order valence-electron chi connectivity index (χ2n) is 6.10. The Balaban J connectivity index is 2.68.